The molecule has 1 aliphatic heterocycles. The fourth-order valence-corrected chi connectivity index (χ4v) is 13.0. The van der Waals surface area contributed by atoms with E-state index >= 15 is 14.4 Å². The van der Waals surface area contributed by atoms with Crippen molar-refractivity contribution >= 4 is 129 Å². The van der Waals surface area contributed by atoms with Crippen LogP contribution in [0.1, 0.15) is 117 Å². The maximum atomic E-state index is 15.6. The molecule has 1 saturated heterocycles. The number of carbonyl (C=O) groups excluding carboxylic acids is 14. The summed E-state index contributed by atoms with van der Waals surface area (Å²) in [6.07, 6.45) is 4.24. The zero-order valence-corrected chi connectivity index (χ0v) is 65.2. The number of primary amides is 3. The number of benzene rings is 2. The van der Waals surface area contributed by atoms with E-state index < -0.39 is 211 Å². The third kappa shape index (κ3) is 28.1. The molecule has 3 heterocycles. The van der Waals surface area contributed by atoms with E-state index in [0.29, 0.717) is 52.1 Å². The number of likely N-dealkylation sites (tertiary alicyclic amines) is 1. The van der Waals surface area contributed by atoms with Gasteiger partial charge in [0.15, 0.2) is 5.96 Å². The SMILES string of the molecule is CC[C@H](C)[C@H](NC(=O)[C@@H](N)CCCN=C(N)N)C(=O)N[C@@H](CC(N)=O)C(=O)N[C@@H](CC(N)=O)C(=O)N[C@H](C(=O)N1C[C@H](n2cc(-c3ccccc3)nn2)C[C@H]1C(=O)N[C@@H](Cc1c[nH]c2ccccc12)C(=O)N[C@@H](CO)C(=O)N[C@@H](CCC(=O)O)C(=O)N[C@@H](C)C(=O)N[C@@H](CCSC)C(=O)N[C@@H](CCSC)C(N)=O)[C@@H](C)CC. The standard InChI is InChI=1S/C71H106N22O17S2/c1-8-36(3)57(88-61(101)43(72)19-15-25-78-71(76)77)69(109)86-49(30-54(73)95)65(105)84-50(31-55(74)96)66(106)89-58(37(4)9-2)70(110)92-33-41(93-34-51(90-91-93)39-16-11-10-12-17-39)29-53(92)68(108)85-48(28-40-32-79-44-20-14-13-18-42(40)44)64(104)87-52(35-94)67(107)83-46(21-22-56(97)98)62(102)80-38(5)60(100)82-47(24-27-112-7)63(103)81-45(59(75)99)23-26-111-6/h10-14,16-18,20,32,34,36-38,41,43,45-50,52-53,57-58,79,94H,8-9,15,19,21-31,33,35,72H2,1-7H3,(H2,73,95)(H2,74,96)(H2,75,99)(H,80,102)(H,81,103)(H,82,100)(H,83,107)(H,84,105)(H,85,108)(H,86,109)(H,87,104)(H,88,101)(H,89,106)(H,97,98)(H4,76,77,78)/t36-,37-,38-,41+,43-,45-,46-,47-,48-,49-,50-,52-,53-,57-,58-/m0/s1. The Labute approximate surface area is 655 Å². The minimum Gasteiger partial charge on any atom is -0.481 e. The summed E-state index contributed by atoms with van der Waals surface area (Å²) >= 11 is 2.78. The molecule has 14 amide bonds. The Morgan fingerprint density at radius 2 is 1.12 bits per heavy atom. The molecule has 0 unspecified atom stereocenters. The Morgan fingerprint density at radius 1 is 0.598 bits per heavy atom. The van der Waals surface area contributed by atoms with Crippen LogP contribution in [-0.2, 0) is 78.3 Å². The molecule has 1 fully saturated rings. The molecule has 41 heteroatoms. The van der Waals surface area contributed by atoms with E-state index in [2.05, 4.69) is 73.5 Å². The van der Waals surface area contributed by atoms with Crippen molar-refractivity contribution in [1.82, 2.24) is 78.0 Å². The molecular formula is C71H106N22O17S2. The summed E-state index contributed by atoms with van der Waals surface area (Å²) in [4.78, 5) is 216. The highest BCUT2D eigenvalue weighted by molar-refractivity contribution is 7.98. The summed E-state index contributed by atoms with van der Waals surface area (Å²) in [5.74, 6) is -16.2. The summed E-state index contributed by atoms with van der Waals surface area (Å²) in [6.45, 7) is 6.56. The van der Waals surface area contributed by atoms with Crippen LogP contribution in [0.5, 0.6) is 0 Å². The molecule has 0 saturated carbocycles. The molecule has 112 heavy (non-hydrogen) atoms. The first kappa shape index (κ1) is 91.7. The highest BCUT2D eigenvalue weighted by Crippen LogP contribution is 2.31. The number of hydrogen-bond donors (Lipinski definition) is 19. The minimum absolute atomic E-state index is 0.0896. The largest absolute Gasteiger partial charge is 0.481 e. The van der Waals surface area contributed by atoms with Crippen molar-refractivity contribution in [3.8, 4) is 11.3 Å². The van der Waals surface area contributed by atoms with Gasteiger partial charge in [0.25, 0.3) is 0 Å². The number of hydrogen-bond acceptors (Lipinski definition) is 22. The van der Waals surface area contributed by atoms with Crippen molar-refractivity contribution in [2.24, 2.45) is 51.2 Å². The highest BCUT2D eigenvalue weighted by Gasteiger charge is 2.46. The fourth-order valence-electron chi connectivity index (χ4n) is 12.0. The van der Waals surface area contributed by atoms with Crippen LogP contribution in [0, 0.1) is 11.8 Å². The molecule has 0 aliphatic carbocycles. The van der Waals surface area contributed by atoms with Crippen molar-refractivity contribution in [2.45, 2.75) is 190 Å². The molecule has 1 aliphatic rings. The number of para-hydroxylation sites is 1. The molecule has 0 spiro atoms. The molecule has 4 aromatic rings. The number of aliphatic hydroxyl groups excluding tert-OH is 1. The first-order valence-corrected chi connectivity index (χ1v) is 39.3. The average molecular weight is 1600 g/mol. The van der Waals surface area contributed by atoms with Gasteiger partial charge in [-0.3, -0.25) is 76.9 Å². The van der Waals surface area contributed by atoms with Gasteiger partial charge in [0, 0.05) is 55.0 Å². The number of aromatic nitrogens is 4. The van der Waals surface area contributed by atoms with Gasteiger partial charge in [0.2, 0.25) is 82.7 Å². The number of aliphatic hydroxyl groups is 1. The number of amides is 14. The normalized spacial score (nSPS) is 16.7. The summed E-state index contributed by atoms with van der Waals surface area (Å²) in [5, 5.41) is 54.9. The lowest BCUT2D eigenvalue weighted by Gasteiger charge is -2.33. The quantitative estimate of drug-likeness (QED) is 0.0113. The van der Waals surface area contributed by atoms with E-state index in [4.69, 9.17) is 34.4 Å². The van der Waals surface area contributed by atoms with Gasteiger partial charge in [-0.1, -0.05) is 94.3 Å². The first-order chi connectivity index (χ1) is 53.1. The van der Waals surface area contributed by atoms with Gasteiger partial charge in [-0.05, 0) is 86.5 Å². The van der Waals surface area contributed by atoms with Gasteiger partial charge in [-0.2, -0.15) is 23.5 Å². The maximum Gasteiger partial charge on any atom is 0.303 e. The molecule has 2 aromatic carbocycles. The second kappa shape index (κ2) is 45.4. The lowest BCUT2D eigenvalue weighted by molar-refractivity contribution is -0.144. The number of nitrogens with zero attached hydrogens (tertiary/aromatic N) is 5. The Hall–Kier alpha value is -10.9. The Kier molecular flexibility index (Phi) is 37.2. The van der Waals surface area contributed by atoms with E-state index in [0.717, 1.165) is 4.90 Å². The third-order valence-corrected chi connectivity index (χ3v) is 20.2. The molecule has 25 N–H and O–H groups in total. The predicted octanol–water partition coefficient (Wildman–Crippen LogP) is -4.25. The van der Waals surface area contributed by atoms with Crippen LogP contribution in [0.25, 0.3) is 22.2 Å². The topological polar surface area (TPSA) is 635 Å². The summed E-state index contributed by atoms with van der Waals surface area (Å²) in [7, 11) is 0. The third-order valence-electron chi connectivity index (χ3n) is 18.9. The molecule has 15 atom stereocenters. The number of fused-ring (bicyclic) bond motifs is 1. The Bertz CT molecular complexity index is 3970. The van der Waals surface area contributed by atoms with Gasteiger partial charge in [-0.25, -0.2) is 4.68 Å². The average Bonchev–Trinajstić information content (AvgIpc) is 1.63. The van der Waals surface area contributed by atoms with E-state index in [-0.39, 0.29) is 57.6 Å². The van der Waals surface area contributed by atoms with Crippen molar-refractivity contribution in [3.63, 3.8) is 0 Å². The zero-order valence-electron chi connectivity index (χ0n) is 63.6. The molecule has 0 bridgehead atoms. The first-order valence-electron chi connectivity index (χ1n) is 36.5. The van der Waals surface area contributed by atoms with E-state index in [1.54, 1.807) is 107 Å². The number of thioether (sulfide) groups is 2. The lowest BCUT2D eigenvalue weighted by atomic mass is 9.96. The summed E-state index contributed by atoms with van der Waals surface area (Å²) < 4.78 is 1.43. The van der Waals surface area contributed by atoms with Crippen molar-refractivity contribution in [1.29, 1.82) is 0 Å². The van der Waals surface area contributed by atoms with Gasteiger partial charge in [-0.15, -0.1) is 5.10 Å². The summed E-state index contributed by atoms with van der Waals surface area (Å²) in [6, 6.07) is -3.50. The molecule has 614 valence electrons. The van der Waals surface area contributed by atoms with Crippen LogP contribution in [0.15, 0.2) is 72.0 Å². The number of H-pyrrole nitrogens is 1. The number of carbonyl (C=O) groups is 15. The fraction of sp³-hybridized carbons (Fsp3) is 0.549. The van der Waals surface area contributed by atoms with Gasteiger partial charge in [0.1, 0.15) is 72.2 Å². The van der Waals surface area contributed by atoms with E-state index in [9.17, 15) is 67.7 Å². The molecule has 39 nitrogen and oxygen atoms in total. The van der Waals surface area contributed by atoms with Crippen molar-refractivity contribution < 1.29 is 82.1 Å². The number of carboxylic acids is 1. The smallest absolute Gasteiger partial charge is 0.303 e. The molecule has 5 rings (SSSR count). The zero-order chi connectivity index (χ0) is 83.1. The number of nitrogens with one attached hydrogen (secondary N) is 11. The number of aliphatic imine (C=N–C) groups is 1. The molecule has 0 radical (unpaired) electrons. The Balaban J connectivity index is 1.47. The maximum absolute atomic E-state index is 15.6. The summed E-state index contributed by atoms with van der Waals surface area (Å²) in [5.41, 5.74) is 35.8. The number of aromatic amines is 1. The monoisotopic (exact) mass is 1600 g/mol. The lowest BCUT2D eigenvalue weighted by Crippen LogP contribution is -2.62. The van der Waals surface area contributed by atoms with Crippen LogP contribution in [-0.4, -0.2) is 246 Å². The van der Waals surface area contributed by atoms with Crippen molar-refractivity contribution in [3.05, 3.63) is 72.6 Å². The molecule has 2 aromatic heterocycles. The van der Waals surface area contributed by atoms with Crippen LogP contribution >= 0.6 is 23.5 Å². The highest BCUT2D eigenvalue weighted by atomic mass is 32.2. The number of rotatable bonds is 48. The number of carboxylic acid groups (broad SMARTS) is 1. The van der Waals surface area contributed by atoms with Crippen LogP contribution in [0.4, 0.5) is 0 Å². The molecular weight excluding hydrogens is 1500 g/mol. The second-order valence-corrected chi connectivity index (χ2v) is 29.3. The van der Waals surface area contributed by atoms with E-state index in [1.807, 2.05) is 0 Å². The number of nitrogens with two attached hydrogens (primary N) is 6. The number of guanidine groups is 1. The van der Waals surface area contributed by atoms with Crippen molar-refractivity contribution in [2.75, 3.05) is 43.7 Å². The van der Waals surface area contributed by atoms with Gasteiger partial charge in [0.05, 0.1) is 37.7 Å². The van der Waals surface area contributed by atoms with Gasteiger partial charge >= 0.3 is 5.97 Å². The van der Waals surface area contributed by atoms with Gasteiger partial charge < -0.3 is 108 Å². The van der Waals surface area contributed by atoms with E-state index in [1.165, 1.54) is 35.1 Å². The minimum atomic E-state index is -1.94. The van der Waals surface area contributed by atoms with Crippen LogP contribution < -0.4 is 87.6 Å². The second-order valence-electron chi connectivity index (χ2n) is 27.3. The van der Waals surface area contributed by atoms with Crippen LogP contribution in [0.2, 0.25) is 0 Å². The van der Waals surface area contributed by atoms with Crippen LogP contribution in [0.3, 0.4) is 0 Å². The predicted molar refractivity (Wildman–Crippen MR) is 415 cm³/mol. The number of aliphatic carboxylic acids is 1. The Morgan fingerprint density at radius 3 is 1.71 bits per heavy atom.